The Morgan fingerprint density at radius 1 is 0.354 bits per heavy atom. The van der Waals surface area contributed by atoms with E-state index in [9.17, 15) is 0 Å². The number of furan rings is 2. The Bertz CT molecular complexity index is 2850. The molecule has 0 aliphatic heterocycles. The van der Waals surface area contributed by atoms with E-state index in [4.69, 9.17) is 23.8 Å². The molecule has 0 unspecified atom stereocenters. The second kappa shape index (κ2) is 10.5. The third-order valence-corrected chi connectivity index (χ3v) is 9.13. The van der Waals surface area contributed by atoms with Gasteiger partial charge in [0.25, 0.3) is 0 Å². The Morgan fingerprint density at radius 3 is 1.81 bits per heavy atom. The molecule has 0 N–H and O–H groups in total. The van der Waals surface area contributed by atoms with Crippen LogP contribution in [0.2, 0.25) is 0 Å². The first kappa shape index (κ1) is 26.6. The van der Waals surface area contributed by atoms with Crippen LogP contribution in [0.4, 0.5) is 0 Å². The van der Waals surface area contributed by atoms with Gasteiger partial charge in [-0.15, -0.1) is 0 Å². The minimum atomic E-state index is 0.580. The van der Waals surface area contributed by atoms with Crippen LogP contribution in [0.15, 0.2) is 160 Å². The summed E-state index contributed by atoms with van der Waals surface area (Å²) >= 11 is 0. The molecule has 48 heavy (non-hydrogen) atoms. The first-order chi connectivity index (χ1) is 23.8. The highest BCUT2D eigenvalue weighted by atomic mass is 16.3. The molecule has 5 heteroatoms. The fourth-order valence-corrected chi connectivity index (χ4v) is 6.84. The molecule has 0 saturated carbocycles. The van der Waals surface area contributed by atoms with Crippen molar-refractivity contribution < 1.29 is 8.83 Å². The molecule has 0 aliphatic carbocycles. The number of fused-ring (bicyclic) bond motifs is 7. The summed E-state index contributed by atoms with van der Waals surface area (Å²) in [6.07, 6.45) is 0. The van der Waals surface area contributed by atoms with Crippen LogP contribution in [0.25, 0.3) is 99.9 Å². The van der Waals surface area contributed by atoms with E-state index in [1.54, 1.807) is 0 Å². The van der Waals surface area contributed by atoms with E-state index in [-0.39, 0.29) is 0 Å². The molecular weight excluding hydrogens is 590 g/mol. The number of nitrogens with zero attached hydrogens (tertiary/aromatic N) is 3. The van der Waals surface area contributed by atoms with Gasteiger partial charge in [0, 0.05) is 38.2 Å². The largest absolute Gasteiger partial charge is 0.456 e. The lowest BCUT2D eigenvalue weighted by Crippen LogP contribution is -2.01. The van der Waals surface area contributed by atoms with Crippen LogP contribution in [-0.4, -0.2) is 15.0 Å². The molecule has 5 nitrogen and oxygen atoms in total. The minimum Gasteiger partial charge on any atom is -0.456 e. The molecule has 7 aromatic carbocycles. The second-order valence-electron chi connectivity index (χ2n) is 12.0. The highest BCUT2D eigenvalue weighted by Crippen LogP contribution is 2.43. The summed E-state index contributed by atoms with van der Waals surface area (Å²) in [7, 11) is 0. The van der Waals surface area contributed by atoms with Crippen molar-refractivity contribution in [3.63, 3.8) is 0 Å². The predicted octanol–water partition coefficient (Wildman–Crippen LogP) is 11.5. The van der Waals surface area contributed by atoms with E-state index in [1.807, 2.05) is 78.9 Å². The van der Waals surface area contributed by atoms with Gasteiger partial charge in [0.15, 0.2) is 17.5 Å². The standard InChI is InChI=1S/C43H25N3O2/c1-2-11-27(12-3-1)41-44-42(30-20-22-37-34(25-30)32-14-6-8-16-35(32)47-37)46-43(45-41)40-31(29-19-18-26-10-4-5-13-28(26)24-29)21-23-38-39(40)33-15-7-9-17-36(33)48-38/h1-25H. The lowest BCUT2D eigenvalue weighted by atomic mass is 9.93. The summed E-state index contributed by atoms with van der Waals surface area (Å²) < 4.78 is 12.5. The normalized spacial score (nSPS) is 11.8. The quantitative estimate of drug-likeness (QED) is 0.197. The fourth-order valence-electron chi connectivity index (χ4n) is 6.84. The molecule has 0 aliphatic rings. The maximum Gasteiger partial charge on any atom is 0.165 e. The number of para-hydroxylation sites is 2. The summed E-state index contributed by atoms with van der Waals surface area (Å²) in [5, 5.41) is 6.42. The van der Waals surface area contributed by atoms with E-state index in [1.165, 1.54) is 10.8 Å². The van der Waals surface area contributed by atoms with Gasteiger partial charge >= 0.3 is 0 Å². The van der Waals surface area contributed by atoms with E-state index in [0.717, 1.165) is 71.7 Å². The smallest absolute Gasteiger partial charge is 0.165 e. The molecule has 10 aromatic rings. The average Bonchev–Trinajstić information content (AvgIpc) is 3.72. The summed E-state index contributed by atoms with van der Waals surface area (Å²) in [5.74, 6) is 1.76. The van der Waals surface area contributed by atoms with Crippen LogP contribution < -0.4 is 0 Å². The van der Waals surface area contributed by atoms with Crippen molar-refractivity contribution in [2.45, 2.75) is 0 Å². The van der Waals surface area contributed by atoms with E-state index >= 15 is 0 Å². The van der Waals surface area contributed by atoms with Crippen LogP contribution in [0, 0.1) is 0 Å². The van der Waals surface area contributed by atoms with Crippen molar-refractivity contribution in [3.8, 4) is 45.3 Å². The summed E-state index contributed by atoms with van der Waals surface area (Å²) in [5.41, 5.74) is 8.07. The minimum absolute atomic E-state index is 0.580. The molecule has 0 fully saturated rings. The van der Waals surface area contributed by atoms with Crippen LogP contribution in [0.5, 0.6) is 0 Å². The van der Waals surface area contributed by atoms with Crippen LogP contribution in [0.1, 0.15) is 0 Å². The molecule has 0 atom stereocenters. The predicted molar refractivity (Wildman–Crippen MR) is 194 cm³/mol. The van der Waals surface area contributed by atoms with Gasteiger partial charge in [0.1, 0.15) is 22.3 Å². The van der Waals surface area contributed by atoms with Gasteiger partial charge < -0.3 is 8.83 Å². The molecule has 0 saturated heterocycles. The van der Waals surface area contributed by atoms with Crippen LogP contribution in [-0.2, 0) is 0 Å². The maximum atomic E-state index is 6.40. The zero-order chi connectivity index (χ0) is 31.6. The highest BCUT2D eigenvalue weighted by Gasteiger charge is 2.22. The van der Waals surface area contributed by atoms with Crippen molar-refractivity contribution in [3.05, 3.63) is 152 Å². The summed E-state index contributed by atoms with van der Waals surface area (Å²) in [6, 6.07) is 51.7. The van der Waals surface area contributed by atoms with Gasteiger partial charge in [-0.3, -0.25) is 0 Å². The topological polar surface area (TPSA) is 65.0 Å². The number of aromatic nitrogens is 3. The van der Waals surface area contributed by atoms with Gasteiger partial charge in [-0.05, 0) is 70.4 Å². The monoisotopic (exact) mass is 615 g/mol. The van der Waals surface area contributed by atoms with Crippen molar-refractivity contribution in [1.29, 1.82) is 0 Å². The summed E-state index contributed by atoms with van der Waals surface area (Å²) in [4.78, 5) is 15.5. The van der Waals surface area contributed by atoms with Gasteiger partial charge in [0.05, 0.1) is 0 Å². The van der Waals surface area contributed by atoms with Gasteiger partial charge in [0.2, 0.25) is 0 Å². The fraction of sp³-hybridized carbons (Fsp3) is 0. The maximum absolute atomic E-state index is 6.40. The highest BCUT2D eigenvalue weighted by molar-refractivity contribution is 6.15. The second-order valence-corrected chi connectivity index (χ2v) is 12.0. The van der Waals surface area contributed by atoms with E-state index in [2.05, 4.69) is 72.8 Å². The molecule has 3 aromatic heterocycles. The zero-order valence-electron chi connectivity index (χ0n) is 25.6. The molecule has 0 radical (unpaired) electrons. The lowest BCUT2D eigenvalue weighted by Gasteiger charge is -2.14. The zero-order valence-corrected chi connectivity index (χ0v) is 25.6. The SMILES string of the molecule is c1ccc(-c2nc(-c3ccc4oc5ccccc5c4c3)nc(-c3c(-c4ccc5ccccc5c4)ccc4oc5ccccc5c34)n2)cc1. The molecule has 3 heterocycles. The third-order valence-electron chi connectivity index (χ3n) is 9.13. The number of rotatable bonds is 4. The number of hydrogen-bond donors (Lipinski definition) is 0. The Balaban J connectivity index is 1.29. The Hall–Kier alpha value is -6.59. The Morgan fingerprint density at radius 2 is 0.958 bits per heavy atom. The summed E-state index contributed by atoms with van der Waals surface area (Å²) in [6.45, 7) is 0. The first-order valence-electron chi connectivity index (χ1n) is 15.9. The average molecular weight is 616 g/mol. The molecule has 224 valence electrons. The first-order valence-corrected chi connectivity index (χ1v) is 15.9. The van der Waals surface area contributed by atoms with Gasteiger partial charge in [-0.2, -0.15) is 0 Å². The van der Waals surface area contributed by atoms with Crippen molar-refractivity contribution in [2.75, 3.05) is 0 Å². The van der Waals surface area contributed by atoms with Crippen molar-refractivity contribution in [2.24, 2.45) is 0 Å². The van der Waals surface area contributed by atoms with Gasteiger partial charge in [-0.1, -0.05) is 103 Å². The third kappa shape index (κ3) is 4.22. The van der Waals surface area contributed by atoms with E-state index in [0.29, 0.717) is 17.5 Å². The van der Waals surface area contributed by atoms with E-state index < -0.39 is 0 Å². The Labute approximate surface area is 274 Å². The molecular formula is C43H25N3O2. The van der Waals surface area contributed by atoms with Crippen LogP contribution >= 0.6 is 0 Å². The lowest BCUT2D eigenvalue weighted by molar-refractivity contribution is 0.668. The van der Waals surface area contributed by atoms with Crippen molar-refractivity contribution >= 4 is 54.6 Å². The van der Waals surface area contributed by atoms with Crippen LogP contribution in [0.3, 0.4) is 0 Å². The number of benzene rings is 7. The molecule has 0 spiro atoms. The molecule has 10 rings (SSSR count). The van der Waals surface area contributed by atoms with Gasteiger partial charge in [-0.25, -0.2) is 15.0 Å². The molecule has 0 bridgehead atoms. The molecule has 0 amide bonds. The van der Waals surface area contributed by atoms with Crippen molar-refractivity contribution in [1.82, 2.24) is 15.0 Å². The Kier molecular flexibility index (Phi) is 5.81. The number of hydrogen-bond acceptors (Lipinski definition) is 5.